The molecule has 3 aliphatic carbocycles. The molecule has 0 aromatic heterocycles. The highest BCUT2D eigenvalue weighted by atomic mass is 28.4. The van der Waals surface area contributed by atoms with E-state index >= 15 is 0 Å². The molecule has 0 radical (unpaired) electrons. The summed E-state index contributed by atoms with van der Waals surface area (Å²) >= 11 is 0. The van der Waals surface area contributed by atoms with Crippen LogP contribution in [-0.2, 0) is 0 Å². The van der Waals surface area contributed by atoms with Crippen LogP contribution in [0.4, 0.5) is 0 Å². The van der Waals surface area contributed by atoms with Crippen LogP contribution in [0.15, 0.2) is 0 Å². The van der Waals surface area contributed by atoms with Gasteiger partial charge in [-0.2, -0.15) is 0 Å². The maximum Gasteiger partial charge on any atom is 0.197 e. The summed E-state index contributed by atoms with van der Waals surface area (Å²) < 4.78 is 0. The van der Waals surface area contributed by atoms with Crippen LogP contribution >= 0.6 is 0 Å². The molecule has 80 valence electrons. The monoisotopic (exact) mass is 210 g/mol. The van der Waals surface area contributed by atoms with Gasteiger partial charge < -0.3 is 4.80 Å². The lowest BCUT2D eigenvalue weighted by Crippen LogP contribution is -2.55. The zero-order valence-corrected chi connectivity index (χ0v) is 10.0. The summed E-state index contributed by atoms with van der Waals surface area (Å²) in [5.74, 6) is 0. The van der Waals surface area contributed by atoms with Gasteiger partial charge in [0.05, 0.1) is 0 Å². The van der Waals surface area contributed by atoms with Crippen LogP contribution in [0.2, 0.25) is 16.6 Å². The molecule has 0 heterocycles. The van der Waals surface area contributed by atoms with Crippen LogP contribution in [0, 0.1) is 0 Å². The summed E-state index contributed by atoms with van der Waals surface area (Å²) in [6, 6.07) is 0. The molecule has 0 atom stereocenters. The van der Waals surface area contributed by atoms with Crippen molar-refractivity contribution in [2.24, 2.45) is 0 Å². The quantitative estimate of drug-likeness (QED) is 0.706. The second kappa shape index (κ2) is 3.34. The molecule has 0 amide bonds. The molecule has 3 saturated carbocycles. The normalized spacial score (nSPS) is 30.6. The second-order valence-electron chi connectivity index (χ2n) is 5.77. The Labute approximate surface area is 88.0 Å². The first-order valence-corrected chi connectivity index (χ1v) is 8.72. The molecule has 0 aromatic rings. The molecule has 1 nitrogen and oxygen atoms in total. The maximum atomic E-state index is 11.1. The predicted molar refractivity (Wildman–Crippen MR) is 60.8 cm³/mol. The summed E-state index contributed by atoms with van der Waals surface area (Å²) in [5, 5.41) is 0. The Hall–Kier alpha value is 0.177. The van der Waals surface area contributed by atoms with Crippen molar-refractivity contribution >= 4 is 8.32 Å². The molecule has 0 spiro atoms. The molecule has 3 rings (SSSR count). The van der Waals surface area contributed by atoms with Gasteiger partial charge in [0.15, 0.2) is 8.32 Å². The van der Waals surface area contributed by atoms with Gasteiger partial charge in [-0.1, -0.05) is 57.8 Å². The lowest BCUT2D eigenvalue weighted by Gasteiger charge is -2.54. The SMILES string of the molecule is O[Si](C1CCC1)(C1CCC1)C1CCC1. The van der Waals surface area contributed by atoms with Crippen molar-refractivity contribution in [3.05, 3.63) is 0 Å². The van der Waals surface area contributed by atoms with Gasteiger partial charge in [0.2, 0.25) is 0 Å². The molecule has 2 heteroatoms. The van der Waals surface area contributed by atoms with Gasteiger partial charge in [-0.3, -0.25) is 0 Å². The van der Waals surface area contributed by atoms with Gasteiger partial charge in [0.1, 0.15) is 0 Å². The van der Waals surface area contributed by atoms with E-state index < -0.39 is 8.32 Å². The molecule has 0 aliphatic heterocycles. The molecule has 3 aliphatic rings. The van der Waals surface area contributed by atoms with E-state index in [-0.39, 0.29) is 0 Å². The fourth-order valence-electron chi connectivity index (χ4n) is 3.61. The van der Waals surface area contributed by atoms with Crippen LogP contribution in [0.25, 0.3) is 0 Å². The van der Waals surface area contributed by atoms with E-state index in [2.05, 4.69) is 0 Å². The van der Waals surface area contributed by atoms with E-state index in [1.807, 2.05) is 0 Å². The van der Waals surface area contributed by atoms with Gasteiger partial charge >= 0.3 is 0 Å². The van der Waals surface area contributed by atoms with Crippen molar-refractivity contribution in [2.45, 2.75) is 74.4 Å². The van der Waals surface area contributed by atoms with Gasteiger partial charge in [-0.05, 0) is 16.6 Å². The van der Waals surface area contributed by atoms with Gasteiger partial charge in [-0.15, -0.1) is 0 Å². The predicted octanol–water partition coefficient (Wildman–Crippen LogP) is 3.59. The second-order valence-corrected chi connectivity index (χ2v) is 9.99. The summed E-state index contributed by atoms with van der Waals surface area (Å²) in [4.78, 5) is 11.1. The maximum absolute atomic E-state index is 11.1. The van der Waals surface area contributed by atoms with E-state index in [4.69, 9.17) is 0 Å². The van der Waals surface area contributed by atoms with Crippen molar-refractivity contribution in [3.63, 3.8) is 0 Å². The molecule has 0 bridgehead atoms. The summed E-state index contributed by atoms with van der Waals surface area (Å²) in [6.07, 6.45) is 12.4. The third kappa shape index (κ3) is 1.16. The average molecular weight is 210 g/mol. The molecule has 0 saturated heterocycles. The minimum absolute atomic E-state index is 0.818. The molecular formula is C12H22OSi. The third-order valence-corrected chi connectivity index (χ3v) is 10.9. The topological polar surface area (TPSA) is 20.2 Å². The summed E-state index contributed by atoms with van der Waals surface area (Å²) in [7, 11) is -1.80. The Kier molecular flexibility index (Phi) is 2.25. The average Bonchev–Trinajstić information content (AvgIpc) is 1.69. The van der Waals surface area contributed by atoms with Gasteiger partial charge in [-0.25, -0.2) is 0 Å². The summed E-state index contributed by atoms with van der Waals surface area (Å²) in [6.45, 7) is 0. The Morgan fingerprint density at radius 1 is 0.643 bits per heavy atom. The molecule has 1 N–H and O–H groups in total. The Morgan fingerprint density at radius 2 is 0.929 bits per heavy atom. The lowest BCUT2D eigenvalue weighted by molar-refractivity contribution is 0.302. The van der Waals surface area contributed by atoms with E-state index in [1.54, 1.807) is 0 Å². The van der Waals surface area contributed by atoms with Crippen molar-refractivity contribution < 1.29 is 4.80 Å². The Bertz CT molecular complexity index is 180. The zero-order chi connectivity index (χ0) is 9.60. The first-order valence-electron chi connectivity index (χ1n) is 6.54. The Balaban J connectivity index is 1.76. The number of hydrogen-bond donors (Lipinski definition) is 1. The van der Waals surface area contributed by atoms with Crippen molar-refractivity contribution in [1.29, 1.82) is 0 Å². The smallest absolute Gasteiger partial charge is 0.197 e. The van der Waals surface area contributed by atoms with Crippen LogP contribution in [0.3, 0.4) is 0 Å². The minimum Gasteiger partial charge on any atom is -0.431 e. The van der Waals surface area contributed by atoms with E-state index in [0.717, 1.165) is 16.6 Å². The fourth-order valence-corrected chi connectivity index (χ4v) is 9.61. The highest BCUT2D eigenvalue weighted by Crippen LogP contribution is 2.60. The van der Waals surface area contributed by atoms with Crippen molar-refractivity contribution in [1.82, 2.24) is 0 Å². The minimum atomic E-state index is -1.80. The third-order valence-electron chi connectivity index (χ3n) is 5.28. The van der Waals surface area contributed by atoms with Crippen molar-refractivity contribution in [3.8, 4) is 0 Å². The molecule has 3 fully saturated rings. The standard InChI is InChI=1S/C12H22OSi/c13-14(10-4-1-5-10,11-6-2-7-11)12-8-3-9-12/h10-13H,1-9H2. The summed E-state index contributed by atoms with van der Waals surface area (Å²) in [5.41, 5.74) is 2.45. The van der Waals surface area contributed by atoms with Crippen LogP contribution in [0.1, 0.15) is 57.8 Å². The van der Waals surface area contributed by atoms with E-state index in [1.165, 1.54) is 57.8 Å². The number of hydrogen-bond acceptors (Lipinski definition) is 1. The van der Waals surface area contributed by atoms with E-state index in [0.29, 0.717) is 0 Å². The zero-order valence-electron chi connectivity index (χ0n) is 9.04. The lowest BCUT2D eigenvalue weighted by atomic mass is 9.97. The van der Waals surface area contributed by atoms with Gasteiger partial charge in [0, 0.05) is 0 Å². The van der Waals surface area contributed by atoms with Crippen molar-refractivity contribution in [2.75, 3.05) is 0 Å². The first kappa shape index (κ1) is 9.41. The number of rotatable bonds is 3. The van der Waals surface area contributed by atoms with Crippen LogP contribution < -0.4 is 0 Å². The first-order chi connectivity index (χ1) is 6.82. The highest BCUT2D eigenvalue weighted by molar-refractivity contribution is 6.77. The molecule has 14 heavy (non-hydrogen) atoms. The Morgan fingerprint density at radius 3 is 1.07 bits per heavy atom. The fraction of sp³-hybridized carbons (Fsp3) is 1.00. The van der Waals surface area contributed by atoms with Gasteiger partial charge in [0.25, 0.3) is 0 Å². The highest BCUT2D eigenvalue weighted by Gasteiger charge is 2.56. The molecule has 0 aromatic carbocycles. The largest absolute Gasteiger partial charge is 0.431 e. The van der Waals surface area contributed by atoms with E-state index in [9.17, 15) is 4.80 Å². The van der Waals surface area contributed by atoms with Crippen LogP contribution in [0.5, 0.6) is 0 Å². The van der Waals surface area contributed by atoms with Crippen LogP contribution in [-0.4, -0.2) is 13.1 Å². The molecular weight excluding hydrogens is 188 g/mol. The molecule has 0 unspecified atom stereocenters.